The molecule has 0 spiro atoms. The molecule has 0 bridgehead atoms. The van der Waals surface area contributed by atoms with E-state index in [9.17, 15) is 9.59 Å². The molecule has 32 heavy (non-hydrogen) atoms. The maximum absolute atomic E-state index is 12.6. The maximum Gasteiger partial charge on any atom is 0.267 e. The molecule has 0 unspecified atom stereocenters. The largest absolute Gasteiger partial charge is 0.496 e. The van der Waals surface area contributed by atoms with Crippen LogP contribution >= 0.6 is 11.6 Å². The summed E-state index contributed by atoms with van der Waals surface area (Å²) in [6.07, 6.45) is 1.01. The summed E-state index contributed by atoms with van der Waals surface area (Å²) in [5.74, 6) is 0.657. The van der Waals surface area contributed by atoms with Crippen LogP contribution in [0.25, 0.3) is 10.9 Å². The number of ether oxygens (including phenoxy) is 1. The molecule has 8 heteroatoms. The van der Waals surface area contributed by atoms with Crippen LogP contribution in [0.4, 0.5) is 5.69 Å². The number of halogens is 1. The van der Waals surface area contributed by atoms with Gasteiger partial charge >= 0.3 is 0 Å². The number of carbonyl (C=O) groups is 2. The van der Waals surface area contributed by atoms with Crippen molar-refractivity contribution < 1.29 is 14.3 Å². The number of benzene rings is 2. The molecule has 2 amide bonds. The van der Waals surface area contributed by atoms with Gasteiger partial charge in [0.2, 0.25) is 5.91 Å². The Morgan fingerprint density at radius 1 is 1.09 bits per heavy atom. The lowest BCUT2D eigenvalue weighted by Crippen LogP contribution is -2.48. The highest BCUT2D eigenvalue weighted by atomic mass is 35.5. The number of anilines is 1. The number of H-pyrrole nitrogens is 1. The first-order chi connectivity index (χ1) is 15.5. The summed E-state index contributed by atoms with van der Waals surface area (Å²) in [6, 6.07) is 15.2. The molecular formula is C24H27ClN4O3. The van der Waals surface area contributed by atoms with Gasteiger partial charge in [0.1, 0.15) is 11.4 Å². The zero-order valence-electron chi connectivity index (χ0n) is 18.1. The summed E-state index contributed by atoms with van der Waals surface area (Å²) in [6.45, 7) is 3.39. The van der Waals surface area contributed by atoms with Crippen LogP contribution in [0.2, 0.25) is 5.02 Å². The summed E-state index contributed by atoms with van der Waals surface area (Å²) in [5, 5.41) is 4.47. The minimum absolute atomic E-state index is 0.125. The van der Waals surface area contributed by atoms with Crippen LogP contribution in [0.3, 0.4) is 0 Å². The van der Waals surface area contributed by atoms with E-state index >= 15 is 0 Å². The predicted molar refractivity (Wildman–Crippen MR) is 127 cm³/mol. The molecule has 2 aromatic carbocycles. The van der Waals surface area contributed by atoms with E-state index < -0.39 is 0 Å². The molecule has 2 heterocycles. The van der Waals surface area contributed by atoms with E-state index in [4.69, 9.17) is 16.3 Å². The Morgan fingerprint density at radius 3 is 2.62 bits per heavy atom. The summed E-state index contributed by atoms with van der Waals surface area (Å²) in [5.41, 5.74) is 2.41. The summed E-state index contributed by atoms with van der Waals surface area (Å²) in [7, 11) is 1.61. The highest BCUT2D eigenvalue weighted by Crippen LogP contribution is 2.26. The van der Waals surface area contributed by atoms with Crippen molar-refractivity contribution in [1.82, 2.24) is 15.2 Å². The molecule has 1 saturated heterocycles. The molecule has 4 rings (SSSR count). The van der Waals surface area contributed by atoms with E-state index in [0.29, 0.717) is 38.2 Å². The molecule has 0 aliphatic carbocycles. The van der Waals surface area contributed by atoms with Crippen LogP contribution in [0, 0.1) is 0 Å². The van der Waals surface area contributed by atoms with Crippen molar-refractivity contribution in [3.8, 4) is 5.75 Å². The molecular weight excluding hydrogens is 428 g/mol. The van der Waals surface area contributed by atoms with Crippen LogP contribution < -0.4 is 15.0 Å². The van der Waals surface area contributed by atoms with Crippen molar-refractivity contribution in [3.05, 3.63) is 59.2 Å². The number of rotatable bonds is 7. The Morgan fingerprint density at radius 2 is 1.88 bits per heavy atom. The van der Waals surface area contributed by atoms with Gasteiger partial charge in [0.25, 0.3) is 5.91 Å². The minimum atomic E-state index is -0.189. The Kier molecular flexibility index (Phi) is 6.85. The van der Waals surface area contributed by atoms with Crippen molar-refractivity contribution in [2.24, 2.45) is 0 Å². The summed E-state index contributed by atoms with van der Waals surface area (Å²) in [4.78, 5) is 32.3. The van der Waals surface area contributed by atoms with E-state index in [-0.39, 0.29) is 11.8 Å². The van der Waals surface area contributed by atoms with Gasteiger partial charge in [-0.05, 0) is 42.8 Å². The zero-order valence-corrected chi connectivity index (χ0v) is 18.8. The standard InChI is InChI=1S/C24H27ClN4O3/c1-32-22-8-3-7-20-19(22)16-21(27-20)24(31)26-10-4-9-23(30)29-13-11-28(12-14-29)18-6-2-5-17(25)15-18/h2-3,5-8,15-16,27H,4,9-14H2,1H3,(H,26,31). The Bertz CT molecular complexity index is 1110. The predicted octanol–water partition coefficient (Wildman–Crippen LogP) is 3.69. The number of aromatic nitrogens is 1. The quantitative estimate of drug-likeness (QED) is 0.534. The van der Waals surface area contributed by atoms with Gasteiger partial charge in [0.15, 0.2) is 0 Å². The van der Waals surface area contributed by atoms with E-state index in [0.717, 1.165) is 40.5 Å². The van der Waals surface area contributed by atoms with Crippen LogP contribution in [-0.2, 0) is 4.79 Å². The molecule has 168 valence electrons. The second kappa shape index (κ2) is 9.96. The number of carbonyl (C=O) groups excluding carboxylic acids is 2. The first kappa shape index (κ1) is 22.0. The Hall–Kier alpha value is -3.19. The smallest absolute Gasteiger partial charge is 0.267 e. The van der Waals surface area contributed by atoms with Crippen LogP contribution in [0.15, 0.2) is 48.5 Å². The lowest BCUT2D eigenvalue weighted by Gasteiger charge is -2.36. The van der Waals surface area contributed by atoms with Gasteiger partial charge in [-0.3, -0.25) is 9.59 Å². The van der Waals surface area contributed by atoms with Gasteiger partial charge in [0, 0.05) is 60.8 Å². The van der Waals surface area contributed by atoms with Gasteiger partial charge in [-0.1, -0.05) is 23.7 Å². The average Bonchev–Trinajstić information content (AvgIpc) is 3.26. The van der Waals surface area contributed by atoms with Crippen molar-refractivity contribution in [1.29, 1.82) is 0 Å². The van der Waals surface area contributed by atoms with E-state index in [1.165, 1.54) is 0 Å². The number of nitrogens with zero attached hydrogens (tertiary/aromatic N) is 2. The number of piperazine rings is 1. The minimum Gasteiger partial charge on any atom is -0.496 e. The van der Waals surface area contributed by atoms with Crippen molar-refractivity contribution in [2.45, 2.75) is 12.8 Å². The lowest BCUT2D eigenvalue weighted by molar-refractivity contribution is -0.131. The van der Waals surface area contributed by atoms with Crippen LogP contribution in [0.5, 0.6) is 5.75 Å². The first-order valence-corrected chi connectivity index (χ1v) is 11.1. The molecule has 2 N–H and O–H groups in total. The normalized spacial score (nSPS) is 13.9. The Balaban J connectivity index is 1.20. The molecule has 1 aliphatic heterocycles. The average molecular weight is 455 g/mol. The van der Waals surface area contributed by atoms with Crippen molar-refractivity contribution >= 4 is 40.0 Å². The third-order valence-electron chi connectivity index (χ3n) is 5.75. The fourth-order valence-corrected chi connectivity index (χ4v) is 4.19. The van der Waals surface area contributed by atoms with Gasteiger partial charge in [-0.2, -0.15) is 0 Å². The number of hydrogen-bond donors (Lipinski definition) is 2. The maximum atomic E-state index is 12.6. The second-order valence-corrected chi connectivity index (χ2v) is 8.25. The van der Waals surface area contributed by atoms with E-state index in [1.54, 1.807) is 13.2 Å². The molecule has 1 aromatic heterocycles. The molecule has 7 nitrogen and oxygen atoms in total. The number of nitrogens with one attached hydrogen (secondary N) is 2. The van der Waals surface area contributed by atoms with Gasteiger partial charge in [0.05, 0.1) is 7.11 Å². The van der Waals surface area contributed by atoms with E-state index in [2.05, 4.69) is 15.2 Å². The fourth-order valence-electron chi connectivity index (χ4n) is 4.01. The number of fused-ring (bicyclic) bond motifs is 1. The van der Waals surface area contributed by atoms with Crippen LogP contribution in [0.1, 0.15) is 23.3 Å². The molecule has 3 aromatic rings. The highest BCUT2D eigenvalue weighted by molar-refractivity contribution is 6.30. The lowest BCUT2D eigenvalue weighted by atomic mass is 10.2. The zero-order chi connectivity index (χ0) is 22.5. The molecule has 0 radical (unpaired) electrons. The van der Waals surface area contributed by atoms with Gasteiger partial charge in [-0.15, -0.1) is 0 Å². The fraction of sp³-hybridized carbons (Fsp3) is 0.333. The van der Waals surface area contributed by atoms with E-state index in [1.807, 2.05) is 47.4 Å². The molecule has 0 saturated carbocycles. The number of aromatic amines is 1. The second-order valence-electron chi connectivity index (χ2n) is 7.81. The topological polar surface area (TPSA) is 77.7 Å². The third-order valence-corrected chi connectivity index (χ3v) is 5.98. The first-order valence-electron chi connectivity index (χ1n) is 10.8. The Labute approximate surface area is 192 Å². The SMILES string of the molecule is COc1cccc2[nH]c(C(=O)NCCCC(=O)N3CCN(c4cccc(Cl)c4)CC3)cc12. The van der Waals surface area contributed by atoms with Crippen LogP contribution in [-0.4, -0.2) is 61.5 Å². The molecule has 1 aliphatic rings. The molecule has 0 atom stereocenters. The number of hydrogen-bond acceptors (Lipinski definition) is 4. The van der Waals surface area contributed by atoms with Crippen molar-refractivity contribution in [3.63, 3.8) is 0 Å². The number of amides is 2. The van der Waals surface area contributed by atoms with Gasteiger partial charge < -0.3 is 24.8 Å². The van der Waals surface area contributed by atoms with Crippen molar-refractivity contribution in [2.75, 3.05) is 44.7 Å². The third kappa shape index (κ3) is 4.99. The van der Waals surface area contributed by atoms with Gasteiger partial charge in [-0.25, -0.2) is 0 Å². The summed E-state index contributed by atoms with van der Waals surface area (Å²) < 4.78 is 5.34. The highest BCUT2D eigenvalue weighted by Gasteiger charge is 2.21. The number of methoxy groups -OCH3 is 1. The molecule has 1 fully saturated rings. The summed E-state index contributed by atoms with van der Waals surface area (Å²) >= 11 is 6.08. The monoisotopic (exact) mass is 454 g/mol.